The van der Waals surface area contributed by atoms with Crippen molar-refractivity contribution in [1.29, 1.82) is 5.41 Å². The molecule has 0 bridgehead atoms. The summed E-state index contributed by atoms with van der Waals surface area (Å²) in [5, 5.41) is 16.4. The van der Waals surface area contributed by atoms with Crippen LogP contribution in [0.5, 0.6) is 0 Å². The lowest BCUT2D eigenvalue weighted by Gasteiger charge is -2.15. The summed E-state index contributed by atoms with van der Waals surface area (Å²) in [6.45, 7) is 1.98. The van der Waals surface area contributed by atoms with E-state index >= 15 is 0 Å². The Bertz CT molecular complexity index is 353. The molecule has 0 unspecified atom stereocenters. The largest absolute Gasteiger partial charge is 0.427 e. The van der Waals surface area contributed by atoms with Crippen LogP contribution in [0.2, 0.25) is 0 Å². The van der Waals surface area contributed by atoms with Gasteiger partial charge in [-0.2, -0.15) is 4.73 Å². The molecule has 1 saturated heterocycles. The SMILES string of the molecule is N=c1cnc(N2CCCC2)cn1O. The van der Waals surface area contributed by atoms with Gasteiger partial charge in [0.25, 0.3) is 0 Å². The van der Waals surface area contributed by atoms with Crippen LogP contribution in [-0.4, -0.2) is 28.0 Å². The Labute approximate surface area is 75.7 Å². The minimum Gasteiger partial charge on any atom is -0.427 e. The van der Waals surface area contributed by atoms with E-state index in [0.29, 0.717) is 0 Å². The van der Waals surface area contributed by atoms with E-state index in [2.05, 4.69) is 9.88 Å². The zero-order valence-corrected chi connectivity index (χ0v) is 7.27. The number of hydrogen-bond donors (Lipinski definition) is 2. The lowest BCUT2D eigenvalue weighted by Crippen LogP contribution is -2.24. The molecule has 0 spiro atoms. The van der Waals surface area contributed by atoms with Gasteiger partial charge in [0.05, 0.1) is 12.4 Å². The first-order valence-corrected chi connectivity index (χ1v) is 4.35. The van der Waals surface area contributed by atoms with Gasteiger partial charge >= 0.3 is 0 Å². The first-order valence-electron chi connectivity index (χ1n) is 4.35. The maximum Gasteiger partial charge on any atom is 0.179 e. The van der Waals surface area contributed by atoms with E-state index in [0.717, 1.165) is 23.6 Å². The molecule has 1 aliphatic heterocycles. The molecule has 2 rings (SSSR count). The highest BCUT2D eigenvalue weighted by atomic mass is 16.5. The second kappa shape index (κ2) is 3.08. The average Bonchev–Trinajstić information content (AvgIpc) is 2.62. The van der Waals surface area contributed by atoms with Crippen molar-refractivity contribution in [3.8, 4) is 0 Å². The maximum absolute atomic E-state index is 9.22. The fraction of sp³-hybridized carbons (Fsp3) is 0.500. The van der Waals surface area contributed by atoms with E-state index in [4.69, 9.17) is 5.41 Å². The van der Waals surface area contributed by atoms with Crippen LogP contribution >= 0.6 is 0 Å². The number of nitrogens with one attached hydrogen (secondary N) is 1. The Morgan fingerprint density at radius 2 is 2.08 bits per heavy atom. The Morgan fingerprint density at radius 1 is 1.38 bits per heavy atom. The zero-order valence-electron chi connectivity index (χ0n) is 7.27. The van der Waals surface area contributed by atoms with Crippen molar-refractivity contribution in [2.45, 2.75) is 12.8 Å². The molecule has 1 fully saturated rings. The Hall–Kier alpha value is -1.52. The van der Waals surface area contributed by atoms with Crippen molar-refractivity contribution in [1.82, 2.24) is 9.71 Å². The van der Waals surface area contributed by atoms with Crippen LogP contribution in [0.1, 0.15) is 12.8 Å². The second-order valence-electron chi connectivity index (χ2n) is 3.17. The zero-order chi connectivity index (χ0) is 9.26. The highest BCUT2D eigenvalue weighted by Gasteiger charge is 2.13. The van der Waals surface area contributed by atoms with Gasteiger partial charge in [-0.3, -0.25) is 5.41 Å². The van der Waals surface area contributed by atoms with Crippen LogP contribution in [0, 0.1) is 5.41 Å². The molecule has 0 amide bonds. The minimum atomic E-state index is 0.00273. The molecule has 5 nitrogen and oxygen atoms in total. The van der Waals surface area contributed by atoms with Crippen LogP contribution in [-0.2, 0) is 0 Å². The quantitative estimate of drug-likeness (QED) is 0.607. The summed E-state index contributed by atoms with van der Waals surface area (Å²) in [6, 6.07) is 0. The number of anilines is 1. The van der Waals surface area contributed by atoms with Crippen molar-refractivity contribution in [2.75, 3.05) is 18.0 Å². The third-order valence-corrected chi connectivity index (χ3v) is 2.23. The van der Waals surface area contributed by atoms with Gasteiger partial charge in [-0.05, 0) is 12.8 Å². The van der Waals surface area contributed by atoms with Crippen molar-refractivity contribution >= 4 is 5.82 Å². The summed E-state index contributed by atoms with van der Waals surface area (Å²) >= 11 is 0. The molecule has 0 aliphatic carbocycles. The summed E-state index contributed by atoms with van der Waals surface area (Å²) < 4.78 is 0.792. The van der Waals surface area contributed by atoms with Crippen molar-refractivity contribution in [3.63, 3.8) is 0 Å². The topological polar surface area (TPSA) is 65.1 Å². The molecule has 1 aromatic heterocycles. The Morgan fingerprint density at radius 3 is 2.69 bits per heavy atom. The summed E-state index contributed by atoms with van der Waals surface area (Å²) in [5.74, 6) is 0.746. The molecule has 0 saturated carbocycles. The van der Waals surface area contributed by atoms with E-state index in [1.54, 1.807) is 0 Å². The molecule has 70 valence electrons. The fourth-order valence-electron chi connectivity index (χ4n) is 1.51. The summed E-state index contributed by atoms with van der Waals surface area (Å²) in [4.78, 5) is 6.18. The van der Waals surface area contributed by atoms with Gasteiger partial charge in [0.1, 0.15) is 5.82 Å². The molecule has 5 heteroatoms. The molecule has 0 atom stereocenters. The van der Waals surface area contributed by atoms with Gasteiger partial charge in [-0.25, -0.2) is 4.98 Å². The Kier molecular flexibility index (Phi) is 1.92. The summed E-state index contributed by atoms with van der Waals surface area (Å²) in [5.41, 5.74) is 0.00273. The van der Waals surface area contributed by atoms with Crippen molar-refractivity contribution in [2.24, 2.45) is 0 Å². The van der Waals surface area contributed by atoms with Crippen LogP contribution in [0.3, 0.4) is 0 Å². The summed E-state index contributed by atoms with van der Waals surface area (Å²) in [7, 11) is 0. The fourth-order valence-corrected chi connectivity index (χ4v) is 1.51. The molecule has 1 aromatic rings. The van der Waals surface area contributed by atoms with E-state index in [1.807, 2.05) is 0 Å². The van der Waals surface area contributed by atoms with Crippen LogP contribution in [0.25, 0.3) is 0 Å². The van der Waals surface area contributed by atoms with Gasteiger partial charge < -0.3 is 10.1 Å². The molecule has 1 aliphatic rings. The highest BCUT2D eigenvalue weighted by molar-refractivity contribution is 5.35. The third-order valence-electron chi connectivity index (χ3n) is 2.23. The van der Waals surface area contributed by atoms with Crippen LogP contribution in [0.15, 0.2) is 12.4 Å². The standard InChI is InChI=1S/C8H12N4O/c9-7-5-10-8(6-12(7)13)11-3-1-2-4-11/h5-6,9,13H,1-4H2. The number of rotatable bonds is 1. The van der Waals surface area contributed by atoms with Crippen molar-refractivity contribution < 1.29 is 5.21 Å². The Balaban J connectivity index is 2.30. The molecule has 2 N–H and O–H groups in total. The van der Waals surface area contributed by atoms with Gasteiger partial charge in [-0.15, -0.1) is 0 Å². The normalized spacial score (nSPS) is 16.5. The highest BCUT2D eigenvalue weighted by Crippen LogP contribution is 2.15. The smallest absolute Gasteiger partial charge is 0.179 e. The number of nitrogens with zero attached hydrogens (tertiary/aromatic N) is 3. The average molecular weight is 180 g/mol. The number of hydrogen-bond acceptors (Lipinski definition) is 4. The molecule has 13 heavy (non-hydrogen) atoms. The van der Waals surface area contributed by atoms with Gasteiger partial charge in [0, 0.05) is 13.1 Å². The summed E-state index contributed by atoms with van der Waals surface area (Å²) in [6.07, 6.45) is 5.19. The van der Waals surface area contributed by atoms with Gasteiger partial charge in [0.2, 0.25) is 0 Å². The van der Waals surface area contributed by atoms with Crippen molar-refractivity contribution in [3.05, 3.63) is 17.9 Å². The predicted octanol–water partition coefficient (Wildman–Crippen LogP) is 0.200. The lowest BCUT2D eigenvalue weighted by atomic mass is 10.4. The van der Waals surface area contributed by atoms with Crippen LogP contribution in [0.4, 0.5) is 5.82 Å². The maximum atomic E-state index is 9.22. The molecule has 0 aromatic carbocycles. The molecular weight excluding hydrogens is 168 g/mol. The number of aromatic nitrogens is 2. The lowest BCUT2D eigenvalue weighted by molar-refractivity contribution is 0.169. The van der Waals surface area contributed by atoms with E-state index in [9.17, 15) is 5.21 Å². The van der Waals surface area contributed by atoms with Gasteiger partial charge in [0.15, 0.2) is 5.49 Å². The molecule has 2 heterocycles. The first kappa shape index (κ1) is 8.10. The predicted molar refractivity (Wildman–Crippen MR) is 46.7 cm³/mol. The van der Waals surface area contributed by atoms with E-state index < -0.39 is 0 Å². The minimum absolute atomic E-state index is 0.00273. The monoisotopic (exact) mass is 180 g/mol. The van der Waals surface area contributed by atoms with Crippen LogP contribution < -0.4 is 10.4 Å². The second-order valence-corrected chi connectivity index (χ2v) is 3.17. The van der Waals surface area contributed by atoms with E-state index in [1.165, 1.54) is 25.2 Å². The molecular formula is C8H12N4O. The van der Waals surface area contributed by atoms with E-state index in [-0.39, 0.29) is 5.49 Å². The first-order chi connectivity index (χ1) is 6.27. The van der Waals surface area contributed by atoms with Gasteiger partial charge in [-0.1, -0.05) is 0 Å². The third kappa shape index (κ3) is 1.49. The molecule has 0 radical (unpaired) electrons.